The standard InChI is InChI=1S/C17H27N5O2/c1-2-3-11-24-17-19-15(18)13-12-14(23)22(16(13)20-17)10-5-4-7-21-8-6-9-21/h2-12H2,1H3,(H2,18,19,20). The Bertz CT molecular complexity index is 589. The monoisotopic (exact) mass is 333 g/mol. The largest absolute Gasteiger partial charge is 0.463 e. The molecule has 1 aromatic rings. The first-order valence-corrected chi connectivity index (χ1v) is 9.01. The van der Waals surface area contributed by atoms with E-state index in [1.54, 1.807) is 4.90 Å². The van der Waals surface area contributed by atoms with E-state index < -0.39 is 0 Å². The molecule has 0 saturated carbocycles. The molecule has 0 atom stereocenters. The maximum atomic E-state index is 12.3. The van der Waals surface area contributed by atoms with Crippen LogP contribution >= 0.6 is 0 Å². The van der Waals surface area contributed by atoms with Crippen molar-refractivity contribution in [3.8, 4) is 6.01 Å². The van der Waals surface area contributed by atoms with Crippen LogP contribution < -0.4 is 15.4 Å². The molecule has 0 aromatic carbocycles. The van der Waals surface area contributed by atoms with Crippen LogP contribution in [0.3, 0.4) is 0 Å². The minimum Gasteiger partial charge on any atom is -0.463 e. The SMILES string of the molecule is CCCCOc1nc(N)c2c(n1)N(CCCCN1CCC1)C(=O)C2. The molecule has 2 aliphatic rings. The van der Waals surface area contributed by atoms with Gasteiger partial charge in [-0.05, 0) is 45.3 Å². The molecule has 0 aliphatic carbocycles. The van der Waals surface area contributed by atoms with E-state index in [1.807, 2.05) is 0 Å². The summed E-state index contributed by atoms with van der Waals surface area (Å²) >= 11 is 0. The van der Waals surface area contributed by atoms with Gasteiger partial charge in [-0.3, -0.25) is 9.69 Å². The fourth-order valence-corrected chi connectivity index (χ4v) is 3.04. The normalized spacial score (nSPS) is 17.0. The average Bonchev–Trinajstić information content (AvgIpc) is 2.82. The molecule has 7 nitrogen and oxygen atoms in total. The minimum atomic E-state index is 0.0562. The summed E-state index contributed by atoms with van der Waals surface area (Å²) in [5.74, 6) is 1.06. The number of carbonyl (C=O) groups is 1. The van der Waals surface area contributed by atoms with E-state index in [0.29, 0.717) is 31.2 Å². The third-order valence-corrected chi connectivity index (χ3v) is 4.67. The van der Waals surface area contributed by atoms with Crippen molar-refractivity contribution in [2.45, 2.75) is 45.4 Å². The van der Waals surface area contributed by atoms with E-state index in [4.69, 9.17) is 10.5 Å². The molecule has 0 unspecified atom stereocenters. The number of hydrogen-bond donors (Lipinski definition) is 1. The zero-order valence-electron chi connectivity index (χ0n) is 14.5. The quantitative estimate of drug-likeness (QED) is 0.691. The molecule has 3 rings (SSSR count). The van der Waals surface area contributed by atoms with Crippen molar-refractivity contribution in [3.05, 3.63) is 5.56 Å². The number of nitrogens with two attached hydrogens (primary N) is 1. The second-order valence-electron chi connectivity index (χ2n) is 6.52. The fourth-order valence-electron chi connectivity index (χ4n) is 3.04. The molecule has 1 saturated heterocycles. The smallest absolute Gasteiger partial charge is 0.320 e. The van der Waals surface area contributed by atoms with Crippen molar-refractivity contribution >= 4 is 17.5 Å². The molecule has 0 radical (unpaired) electrons. The summed E-state index contributed by atoms with van der Waals surface area (Å²) in [6, 6.07) is 0.278. The Labute approximate surface area is 143 Å². The number of nitrogen functional groups attached to an aromatic ring is 1. The Hall–Kier alpha value is -1.89. The van der Waals surface area contributed by atoms with Crippen LogP contribution in [0.5, 0.6) is 6.01 Å². The molecular formula is C17H27N5O2. The van der Waals surface area contributed by atoms with Gasteiger partial charge in [0, 0.05) is 12.1 Å². The molecule has 0 spiro atoms. The van der Waals surface area contributed by atoms with Gasteiger partial charge in [-0.25, -0.2) is 0 Å². The molecule has 1 fully saturated rings. The topological polar surface area (TPSA) is 84.6 Å². The van der Waals surface area contributed by atoms with Crippen molar-refractivity contribution < 1.29 is 9.53 Å². The number of nitrogens with zero attached hydrogens (tertiary/aromatic N) is 4. The maximum Gasteiger partial charge on any atom is 0.320 e. The molecule has 24 heavy (non-hydrogen) atoms. The second kappa shape index (κ2) is 7.79. The summed E-state index contributed by atoms with van der Waals surface area (Å²) in [4.78, 5) is 25.1. The van der Waals surface area contributed by atoms with E-state index in [2.05, 4.69) is 21.8 Å². The molecule has 2 aliphatic heterocycles. The first kappa shape index (κ1) is 17.0. The third kappa shape index (κ3) is 3.77. The van der Waals surface area contributed by atoms with Gasteiger partial charge in [0.05, 0.1) is 13.0 Å². The number of carbonyl (C=O) groups excluding carboxylic acids is 1. The fraction of sp³-hybridized carbons (Fsp3) is 0.706. The zero-order valence-corrected chi connectivity index (χ0v) is 14.5. The van der Waals surface area contributed by atoms with Crippen molar-refractivity contribution in [2.24, 2.45) is 0 Å². The molecule has 2 N–H and O–H groups in total. The number of ether oxygens (including phenoxy) is 1. The summed E-state index contributed by atoms with van der Waals surface area (Å²) in [6.45, 7) is 6.90. The highest BCUT2D eigenvalue weighted by Crippen LogP contribution is 2.32. The highest BCUT2D eigenvalue weighted by atomic mass is 16.5. The predicted molar refractivity (Wildman–Crippen MR) is 93.2 cm³/mol. The minimum absolute atomic E-state index is 0.0562. The number of amides is 1. The highest BCUT2D eigenvalue weighted by molar-refractivity contribution is 6.01. The summed E-state index contributed by atoms with van der Waals surface area (Å²) in [6.07, 6.45) is 5.66. The number of anilines is 2. The number of hydrogen-bond acceptors (Lipinski definition) is 6. The molecule has 3 heterocycles. The lowest BCUT2D eigenvalue weighted by atomic mass is 10.2. The summed E-state index contributed by atoms with van der Waals surface area (Å²) in [5.41, 5.74) is 6.75. The van der Waals surface area contributed by atoms with Gasteiger partial charge in [-0.15, -0.1) is 0 Å². The Morgan fingerprint density at radius 3 is 2.67 bits per heavy atom. The molecule has 1 aromatic heterocycles. The van der Waals surface area contributed by atoms with Gasteiger partial charge >= 0.3 is 6.01 Å². The van der Waals surface area contributed by atoms with Crippen LogP contribution in [0.25, 0.3) is 0 Å². The van der Waals surface area contributed by atoms with E-state index in [1.165, 1.54) is 19.5 Å². The van der Waals surface area contributed by atoms with Gasteiger partial charge in [0.25, 0.3) is 0 Å². The number of rotatable bonds is 9. The van der Waals surface area contributed by atoms with Crippen LogP contribution in [-0.2, 0) is 11.2 Å². The summed E-state index contributed by atoms with van der Waals surface area (Å²) in [5, 5.41) is 0. The third-order valence-electron chi connectivity index (χ3n) is 4.67. The van der Waals surface area contributed by atoms with Crippen LogP contribution in [0, 0.1) is 0 Å². The van der Waals surface area contributed by atoms with Crippen molar-refractivity contribution in [2.75, 3.05) is 43.4 Å². The van der Waals surface area contributed by atoms with Gasteiger partial charge in [-0.1, -0.05) is 13.3 Å². The average molecular weight is 333 g/mol. The Kier molecular flexibility index (Phi) is 5.50. The van der Waals surface area contributed by atoms with Crippen LogP contribution in [0.15, 0.2) is 0 Å². The number of likely N-dealkylation sites (tertiary alicyclic amines) is 1. The Morgan fingerprint density at radius 2 is 1.96 bits per heavy atom. The predicted octanol–water partition coefficient (Wildman–Crippen LogP) is 1.61. The van der Waals surface area contributed by atoms with Crippen molar-refractivity contribution in [1.82, 2.24) is 14.9 Å². The lowest BCUT2D eigenvalue weighted by molar-refractivity contribution is -0.117. The molecule has 132 valence electrons. The van der Waals surface area contributed by atoms with Gasteiger partial charge in [0.1, 0.15) is 11.6 Å². The van der Waals surface area contributed by atoms with Crippen LogP contribution in [0.4, 0.5) is 11.6 Å². The van der Waals surface area contributed by atoms with Crippen molar-refractivity contribution in [1.29, 1.82) is 0 Å². The lowest BCUT2D eigenvalue weighted by Gasteiger charge is -2.30. The van der Waals surface area contributed by atoms with Gasteiger partial charge in [0.15, 0.2) is 0 Å². The zero-order chi connectivity index (χ0) is 16.9. The van der Waals surface area contributed by atoms with Crippen LogP contribution in [-0.4, -0.2) is 53.6 Å². The van der Waals surface area contributed by atoms with Crippen LogP contribution in [0.2, 0.25) is 0 Å². The number of aromatic nitrogens is 2. The van der Waals surface area contributed by atoms with E-state index in [-0.39, 0.29) is 11.9 Å². The number of unbranched alkanes of at least 4 members (excludes halogenated alkanes) is 2. The van der Waals surface area contributed by atoms with Crippen molar-refractivity contribution in [3.63, 3.8) is 0 Å². The second-order valence-corrected chi connectivity index (χ2v) is 6.52. The first-order valence-electron chi connectivity index (χ1n) is 9.01. The van der Waals surface area contributed by atoms with E-state index in [9.17, 15) is 4.79 Å². The Morgan fingerprint density at radius 1 is 1.17 bits per heavy atom. The first-order chi connectivity index (χ1) is 11.7. The van der Waals surface area contributed by atoms with E-state index in [0.717, 1.165) is 37.8 Å². The van der Waals surface area contributed by atoms with Gasteiger partial charge in [0.2, 0.25) is 5.91 Å². The summed E-state index contributed by atoms with van der Waals surface area (Å²) < 4.78 is 5.57. The van der Waals surface area contributed by atoms with E-state index >= 15 is 0 Å². The Balaban J connectivity index is 1.60. The van der Waals surface area contributed by atoms with Gasteiger partial charge in [-0.2, -0.15) is 9.97 Å². The van der Waals surface area contributed by atoms with Gasteiger partial charge < -0.3 is 15.4 Å². The molecule has 7 heteroatoms. The molecule has 1 amide bonds. The molecule has 0 bridgehead atoms. The maximum absolute atomic E-state index is 12.3. The highest BCUT2D eigenvalue weighted by Gasteiger charge is 2.31. The number of fused-ring (bicyclic) bond motifs is 1. The molecular weight excluding hydrogens is 306 g/mol. The lowest BCUT2D eigenvalue weighted by Crippen LogP contribution is -2.38. The van der Waals surface area contributed by atoms with Crippen LogP contribution in [0.1, 0.15) is 44.6 Å². The summed E-state index contributed by atoms with van der Waals surface area (Å²) in [7, 11) is 0.